The molecule has 1 aromatic rings. The van der Waals surface area contributed by atoms with E-state index in [4.69, 9.17) is 4.52 Å². The number of aryl methyl sites for hydroxylation is 1. The van der Waals surface area contributed by atoms with Crippen LogP contribution < -0.4 is 0 Å². The summed E-state index contributed by atoms with van der Waals surface area (Å²) in [6, 6.07) is 1.66. The summed E-state index contributed by atoms with van der Waals surface area (Å²) in [5.41, 5.74) is 0.448. The van der Waals surface area contributed by atoms with Crippen molar-refractivity contribution in [2.24, 2.45) is 0 Å². The molecule has 0 aromatic carbocycles. The maximum absolute atomic E-state index is 11.1. The van der Waals surface area contributed by atoms with E-state index in [9.17, 15) is 4.79 Å². The van der Waals surface area contributed by atoms with Gasteiger partial charge in [0.15, 0.2) is 5.78 Å². The van der Waals surface area contributed by atoms with Crippen LogP contribution in [-0.4, -0.2) is 10.9 Å². The second kappa shape index (κ2) is 3.32. The predicted molar refractivity (Wildman–Crippen MR) is 40.5 cm³/mol. The third-order valence-electron chi connectivity index (χ3n) is 1.39. The molecule has 0 aliphatic heterocycles. The molecule has 0 N–H and O–H groups in total. The molecule has 0 aliphatic rings. The molecule has 0 unspecified atom stereocenters. The molecule has 0 saturated carbocycles. The summed E-state index contributed by atoms with van der Waals surface area (Å²) < 4.78 is 4.76. The van der Waals surface area contributed by atoms with Crippen LogP contribution in [0.3, 0.4) is 0 Å². The first-order valence-electron chi connectivity index (χ1n) is 3.70. The fraction of sp³-hybridized carbons (Fsp3) is 0.500. The van der Waals surface area contributed by atoms with Crippen LogP contribution in [0.2, 0.25) is 0 Å². The van der Waals surface area contributed by atoms with Crippen molar-refractivity contribution < 1.29 is 9.32 Å². The summed E-state index contributed by atoms with van der Waals surface area (Å²) in [5.74, 6) is 0.744. The largest absolute Gasteiger partial charge is 0.361 e. The Labute approximate surface area is 65.4 Å². The standard InChI is InChI=1S/C8H11NO2/c1-3-4-8(10)7-5-6(2)11-9-7/h5H,3-4H2,1-2H3. The van der Waals surface area contributed by atoms with Crippen LogP contribution >= 0.6 is 0 Å². The lowest BCUT2D eigenvalue weighted by Crippen LogP contribution is -1.97. The number of ketones is 1. The van der Waals surface area contributed by atoms with E-state index in [2.05, 4.69) is 5.16 Å². The number of aromatic nitrogens is 1. The Hall–Kier alpha value is -1.12. The fourth-order valence-electron chi connectivity index (χ4n) is 0.853. The Morgan fingerprint density at radius 1 is 1.73 bits per heavy atom. The van der Waals surface area contributed by atoms with Crippen molar-refractivity contribution in [1.82, 2.24) is 5.16 Å². The molecule has 0 bridgehead atoms. The van der Waals surface area contributed by atoms with Crippen LogP contribution in [0.4, 0.5) is 0 Å². The van der Waals surface area contributed by atoms with Gasteiger partial charge in [0.2, 0.25) is 0 Å². The fourth-order valence-corrected chi connectivity index (χ4v) is 0.853. The molecule has 0 fully saturated rings. The summed E-state index contributed by atoms with van der Waals surface area (Å²) >= 11 is 0. The van der Waals surface area contributed by atoms with Gasteiger partial charge in [-0.15, -0.1) is 0 Å². The highest BCUT2D eigenvalue weighted by molar-refractivity contribution is 5.94. The van der Waals surface area contributed by atoms with Gasteiger partial charge in [-0.25, -0.2) is 0 Å². The van der Waals surface area contributed by atoms with Gasteiger partial charge >= 0.3 is 0 Å². The van der Waals surface area contributed by atoms with Crippen molar-refractivity contribution in [2.45, 2.75) is 26.7 Å². The van der Waals surface area contributed by atoms with Crippen LogP contribution in [0.1, 0.15) is 36.0 Å². The van der Waals surface area contributed by atoms with Crippen molar-refractivity contribution in [3.63, 3.8) is 0 Å². The minimum atomic E-state index is 0.0596. The Morgan fingerprint density at radius 3 is 2.91 bits per heavy atom. The normalized spacial score (nSPS) is 10.0. The average molecular weight is 153 g/mol. The molecule has 60 valence electrons. The number of rotatable bonds is 3. The second-order valence-corrected chi connectivity index (χ2v) is 2.50. The minimum Gasteiger partial charge on any atom is -0.361 e. The Morgan fingerprint density at radius 2 is 2.45 bits per heavy atom. The summed E-state index contributed by atoms with van der Waals surface area (Å²) in [5, 5.41) is 3.61. The van der Waals surface area contributed by atoms with Crippen molar-refractivity contribution in [2.75, 3.05) is 0 Å². The van der Waals surface area contributed by atoms with E-state index in [1.807, 2.05) is 6.92 Å². The van der Waals surface area contributed by atoms with Gasteiger partial charge in [0.05, 0.1) is 0 Å². The van der Waals surface area contributed by atoms with Crippen LogP contribution in [0.5, 0.6) is 0 Å². The monoisotopic (exact) mass is 153 g/mol. The molecule has 0 atom stereocenters. The Kier molecular flexibility index (Phi) is 2.41. The zero-order valence-electron chi connectivity index (χ0n) is 6.76. The van der Waals surface area contributed by atoms with E-state index in [0.29, 0.717) is 17.9 Å². The van der Waals surface area contributed by atoms with E-state index >= 15 is 0 Å². The van der Waals surface area contributed by atoms with Gasteiger partial charge in [-0.05, 0) is 13.3 Å². The lowest BCUT2D eigenvalue weighted by molar-refractivity contribution is 0.0973. The number of nitrogens with zero attached hydrogens (tertiary/aromatic N) is 1. The van der Waals surface area contributed by atoms with Gasteiger partial charge in [0.1, 0.15) is 11.5 Å². The molecule has 3 heteroatoms. The highest BCUT2D eigenvalue weighted by Gasteiger charge is 2.08. The molecular weight excluding hydrogens is 142 g/mol. The summed E-state index contributed by atoms with van der Waals surface area (Å²) in [7, 11) is 0. The minimum absolute atomic E-state index is 0.0596. The predicted octanol–water partition coefficient (Wildman–Crippen LogP) is 1.97. The summed E-state index contributed by atoms with van der Waals surface area (Å²) in [6.45, 7) is 3.74. The third kappa shape index (κ3) is 1.90. The van der Waals surface area contributed by atoms with Gasteiger partial charge < -0.3 is 4.52 Å². The molecular formula is C8H11NO2. The van der Waals surface area contributed by atoms with Gasteiger partial charge in [-0.1, -0.05) is 12.1 Å². The lowest BCUT2D eigenvalue weighted by Gasteiger charge is -1.88. The molecule has 0 spiro atoms. The number of carbonyl (C=O) groups is 1. The van der Waals surface area contributed by atoms with Crippen LogP contribution in [0, 0.1) is 6.92 Å². The van der Waals surface area contributed by atoms with Gasteiger partial charge in [-0.3, -0.25) is 4.79 Å². The molecule has 0 radical (unpaired) electrons. The van der Waals surface area contributed by atoms with E-state index in [1.165, 1.54) is 0 Å². The quantitative estimate of drug-likeness (QED) is 0.623. The van der Waals surface area contributed by atoms with Crippen molar-refractivity contribution >= 4 is 5.78 Å². The number of carbonyl (C=O) groups excluding carboxylic acids is 1. The Bertz CT molecular complexity index is 252. The van der Waals surface area contributed by atoms with Crippen LogP contribution in [-0.2, 0) is 0 Å². The maximum atomic E-state index is 11.1. The van der Waals surface area contributed by atoms with E-state index in [1.54, 1.807) is 13.0 Å². The molecule has 1 rings (SSSR count). The number of hydrogen-bond acceptors (Lipinski definition) is 3. The maximum Gasteiger partial charge on any atom is 0.184 e. The van der Waals surface area contributed by atoms with Crippen molar-refractivity contribution in [3.05, 3.63) is 17.5 Å². The van der Waals surface area contributed by atoms with Gasteiger partial charge in [0, 0.05) is 12.5 Å². The molecule has 0 aliphatic carbocycles. The smallest absolute Gasteiger partial charge is 0.184 e. The molecule has 11 heavy (non-hydrogen) atoms. The highest BCUT2D eigenvalue weighted by atomic mass is 16.5. The van der Waals surface area contributed by atoms with Gasteiger partial charge in [0.25, 0.3) is 0 Å². The first-order valence-corrected chi connectivity index (χ1v) is 3.70. The summed E-state index contributed by atoms with van der Waals surface area (Å²) in [6.07, 6.45) is 1.40. The zero-order valence-corrected chi connectivity index (χ0v) is 6.76. The molecule has 0 saturated heterocycles. The van der Waals surface area contributed by atoms with E-state index in [0.717, 1.165) is 6.42 Å². The Balaban J connectivity index is 2.69. The number of hydrogen-bond donors (Lipinski definition) is 0. The molecule has 1 heterocycles. The molecule has 3 nitrogen and oxygen atoms in total. The summed E-state index contributed by atoms with van der Waals surface area (Å²) in [4.78, 5) is 11.1. The number of Topliss-reactive ketones (excluding diaryl/α,β-unsaturated/α-hetero) is 1. The first kappa shape index (κ1) is 7.98. The third-order valence-corrected chi connectivity index (χ3v) is 1.39. The lowest BCUT2D eigenvalue weighted by atomic mass is 10.2. The molecule has 1 aromatic heterocycles. The average Bonchev–Trinajstić information content (AvgIpc) is 2.36. The first-order chi connectivity index (χ1) is 5.24. The van der Waals surface area contributed by atoms with E-state index < -0.39 is 0 Å². The second-order valence-electron chi connectivity index (χ2n) is 2.50. The van der Waals surface area contributed by atoms with Crippen LogP contribution in [0.25, 0.3) is 0 Å². The van der Waals surface area contributed by atoms with Crippen molar-refractivity contribution in [1.29, 1.82) is 0 Å². The van der Waals surface area contributed by atoms with Gasteiger partial charge in [-0.2, -0.15) is 0 Å². The topological polar surface area (TPSA) is 43.1 Å². The zero-order chi connectivity index (χ0) is 8.27. The van der Waals surface area contributed by atoms with Crippen LogP contribution in [0.15, 0.2) is 10.6 Å². The highest BCUT2D eigenvalue weighted by Crippen LogP contribution is 2.05. The SMILES string of the molecule is CCCC(=O)c1cc(C)on1. The van der Waals surface area contributed by atoms with E-state index in [-0.39, 0.29) is 5.78 Å². The van der Waals surface area contributed by atoms with Crippen molar-refractivity contribution in [3.8, 4) is 0 Å². The molecule has 0 amide bonds.